The maximum absolute atomic E-state index is 13.4. The van der Waals surface area contributed by atoms with Crippen LogP contribution in [-0.2, 0) is 16.4 Å². The number of carbonyl (C=O) groups is 1. The molecule has 3 aromatic rings. The Labute approximate surface area is 188 Å². The lowest BCUT2D eigenvalue weighted by atomic mass is 10.0. The van der Waals surface area contributed by atoms with Crippen molar-refractivity contribution < 1.29 is 13.2 Å². The van der Waals surface area contributed by atoms with Gasteiger partial charge in [0.15, 0.2) is 5.65 Å². The van der Waals surface area contributed by atoms with E-state index in [1.165, 1.54) is 4.31 Å². The molecule has 8 nitrogen and oxygen atoms in total. The molecule has 0 atom stereocenters. The largest absolute Gasteiger partial charge is 0.308 e. The number of aryl methyl sites for hydroxylation is 1. The molecule has 9 heteroatoms. The number of fused-ring (bicyclic) bond motifs is 2. The van der Waals surface area contributed by atoms with Crippen LogP contribution in [0.3, 0.4) is 0 Å². The molecule has 1 aliphatic heterocycles. The number of benzene rings is 1. The zero-order valence-corrected chi connectivity index (χ0v) is 19.8. The smallest absolute Gasteiger partial charge is 0.259 e. The minimum atomic E-state index is -3.54. The van der Waals surface area contributed by atoms with Crippen molar-refractivity contribution in [3.8, 4) is 0 Å². The van der Waals surface area contributed by atoms with Crippen molar-refractivity contribution in [2.45, 2.75) is 51.5 Å². The van der Waals surface area contributed by atoms with Crippen molar-refractivity contribution in [1.29, 1.82) is 0 Å². The summed E-state index contributed by atoms with van der Waals surface area (Å²) < 4.78 is 29.1. The van der Waals surface area contributed by atoms with Gasteiger partial charge < -0.3 is 4.90 Å². The molecule has 0 saturated carbocycles. The van der Waals surface area contributed by atoms with Crippen molar-refractivity contribution in [3.05, 3.63) is 47.8 Å². The molecule has 1 amide bonds. The van der Waals surface area contributed by atoms with Gasteiger partial charge in [0, 0.05) is 42.9 Å². The molecule has 0 unspecified atom stereocenters. The summed E-state index contributed by atoms with van der Waals surface area (Å²) >= 11 is 0. The molecule has 0 fully saturated rings. The van der Waals surface area contributed by atoms with Crippen LogP contribution in [0.1, 0.15) is 56.1 Å². The Morgan fingerprint density at radius 3 is 2.59 bits per heavy atom. The van der Waals surface area contributed by atoms with Crippen LogP contribution < -0.4 is 4.90 Å². The first-order valence-electron chi connectivity index (χ1n) is 11.1. The average molecular weight is 456 g/mol. The van der Waals surface area contributed by atoms with Crippen LogP contribution in [0.15, 0.2) is 41.6 Å². The molecule has 0 saturated heterocycles. The van der Waals surface area contributed by atoms with Gasteiger partial charge in [0.2, 0.25) is 10.0 Å². The first-order chi connectivity index (χ1) is 15.3. The number of carbonyl (C=O) groups excluding carboxylic acids is 1. The van der Waals surface area contributed by atoms with Crippen molar-refractivity contribution in [1.82, 2.24) is 19.1 Å². The van der Waals surface area contributed by atoms with E-state index in [4.69, 9.17) is 0 Å². The fourth-order valence-electron chi connectivity index (χ4n) is 4.25. The molecule has 0 aliphatic carbocycles. The quantitative estimate of drug-likeness (QED) is 0.566. The van der Waals surface area contributed by atoms with Crippen molar-refractivity contribution >= 4 is 32.7 Å². The number of anilines is 1. The third-order valence-electron chi connectivity index (χ3n) is 5.93. The number of hydrogen-bond donors (Lipinski definition) is 0. The number of nitrogens with zero attached hydrogens (tertiary/aromatic N) is 5. The van der Waals surface area contributed by atoms with Crippen LogP contribution in [0.4, 0.5) is 5.69 Å². The topological polar surface area (TPSA) is 88.4 Å². The van der Waals surface area contributed by atoms with Gasteiger partial charge in [-0.3, -0.25) is 4.79 Å². The molecule has 0 radical (unpaired) electrons. The molecule has 1 aromatic carbocycles. The lowest BCUT2D eigenvalue weighted by Gasteiger charge is -2.30. The molecule has 2 aromatic heterocycles. The maximum atomic E-state index is 13.4. The van der Waals surface area contributed by atoms with E-state index in [0.29, 0.717) is 25.2 Å². The Balaban J connectivity index is 1.67. The summed E-state index contributed by atoms with van der Waals surface area (Å²) in [5.74, 6) is -0.142. The second-order valence-corrected chi connectivity index (χ2v) is 10.2. The molecule has 1 aliphatic rings. The van der Waals surface area contributed by atoms with Crippen molar-refractivity contribution in [2.24, 2.45) is 0 Å². The Morgan fingerprint density at radius 1 is 1.16 bits per heavy atom. The highest BCUT2D eigenvalue weighted by atomic mass is 32.2. The van der Waals surface area contributed by atoms with Gasteiger partial charge >= 0.3 is 0 Å². The van der Waals surface area contributed by atoms with Crippen LogP contribution in [0.2, 0.25) is 0 Å². The van der Waals surface area contributed by atoms with Crippen LogP contribution in [0.5, 0.6) is 0 Å². The summed E-state index contributed by atoms with van der Waals surface area (Å²) in [5, 5.41) is 5.19. The summed E-state index contributed by atoms with van der Waals surface area (Å²) in [7, 11) is -3.54. The lowest BCUT2D eigenvalue weighted by molar-refractivity contribution is 0.0985. The summed E-state index contributed by atoms with van der Waals surface area (Å²) in [4.78, 5) is 19.8. The normalized spacial score (nSPS) is 14.4. The number of amides is 1. The van der Waals surface area contributed by atoms with Crippen LogP contribution >= 0.6 is 0 Å². The Hall–Kier alpha value is -2.78. The van der Waals surface area contributed by atoms with Crippen LogP contribution in [-0.4, -0.2) is 53.0 Å². The summed E-state index contributed by atoms with van der Waals surface area (Å²) in [6.07, 6.45) is 4.83. The van der Waals surface area contributed by atoms with Crippen LogP contribution in [0.25, 0.3) is 11.0 Å². The van der Waals surface area contributed by atoms with E-state index in [9.17, 15) is 13.2 Å². The molecule has 32 heavy (non-hydrogen) atoms. The van der Waals surface area contributed by atoms with Gasteiger partial charge in [-0.25, -0.2) is 18.1 Å². The van der Waals surface area contributed by atoms with E-state index in [2.05, 4.69) is 10.1 Å². The second-order valence-electron chi connectivity index (χ2n) is 8.26. The molecular weight excluding hydrogens is 426 g/mol. The second kappa shape index (κ2) is 8.63. The van der Waals surface area contributed by atoms with E-state index >= 15 is 0 Å². The molecule has 0 N–H and O–H groups in total. The fraction of sp³-hybridized carbons (Fsp3) is 0.435. The molecule has 0 bridgehead atoms. The lowest BCUT2D eigenvalue weighted by Crippen LogP contribution is -2.36. The third kappa shape index (κ3) is 3.80. The van der Waals surface area contributed by atoms with Gasteiger partial charge in [-0.05, 0) is 56.5 Å². The summed E-state index contributed by atoms with van der Waals surface area (Å²) in [6.45, 7) is 9.15. The first-order valence-corrected chi connectivity index (χ1v) is 12.5. The number of aromatic nitrogens is 3. The van der Waals surface area contributed by atoms with E-state index in [1.54, 1.807) is 35.5 Å². The fourth-order valence-corrected chi connectivity index (χ4v) is 5.76. The third-order valence-corrected chi connectivity index (χ3v) is 7.97. The predicted octanol–water partition coefficient (Wildman–Crippen LogP) is 3.64. The number of rotatable bonds is 6. The van der Waals surface area contributed by atoms with Gasteiger partial charge in [0.1, 0.15) is 0 Å². The number of sulfonamides is 1. The molecule has 0 spiro atoms. The molecular formula is C23H29N5O3S. The molecule has 3 heterocycles. The highest BCUT2D eigenvalue weighted by molar-refractivity contribution is 7.89. The standard InChI is InChI=1S/C23H29N5O3S/c1-5-26(6-2)32(30,31)20-9-10-21-17(13-20)8-7-11-27(21)23(29)19-12-18-15-25-28(16(3)4)22(18)24-14-19/h9-10,12-16H,5-8,11H2,1-4H3. The minimum absolute atomic E-state index is 0.142. The van der Waals surface area contributed by atoms with E-state index in [1.807, 2.05) is 38.4 Å². The number of pyridine rings is 1. The van der Waals surface area contributed by atoms with Crippen LogP contribution in [0, 0.1) is 0 Å². The summed E-state index contributed by atoms with van der Waals surface area (Å²) in [6, 6.07) is 7.08. The molecule has 4 rings (SSSR count). The zero-order valence-electron chi connectivity index (χ0n) is 18.9. The number of hydrogen-bond acceptors (Lipinski definition) is 5. The highest BCUT2D eigenvalue weighted by Crippen LogP contribution is 2.32. The van der Waals surface area contributed by atoms with Gasteiger partial charge in [0.25, 0.3) is 5.91 Å². The SMILES string of the molecule is CCN(CC)S(=O)(=O)c1ccc2c(c1)CCCN2C(=O)c1cnc2c(cnn2C(C)C)c1. The van der Waals surface area contributed by atoms with Crippen molar-refractivity contribution in [3.63, 3.8) is 0 Å². The Bertz CT molecular complexity index is 1260. The van der Waals surface area contributed by atoms with E-state index < -0.39 is 10.0 Å². The maximum Gasteiger partial charge on any atom is 0.259 e. The molecule has 170 valence electrons. The van der Waals surface area contributed by atoms with E-state index in [-0.39, 0.29) is 16.8 Å². The predicted molar refractivity (Wildman–Crippen MR) is 124 cm³/mol. The Morgan fingerprint density at radius 2 is 1.91 bits per heavy atom. The van der Waals surface area contributed by atoms with Gasteiger partial charge in [-0.15, -0.1) is 0 Å². The monoisotopic (exact) mass is 455 g/mol. The van der Waals surface area contributed by atoms with Gasteiger partial charge in [-0.1, -0.05) is 13.8 Å². The van der Waals surface area contributed by atoms with Gasteiger partial charge in [0.05, 0.1) is 16.7 Å². The van der Waals surface area contributed by atoms with Crippen molar-refractivity contribution in [2.75, 3.05) is 24.5 Å². The minimum Gasteiger partial charge on any atom is -0.308 e. The summed E-state index contributed by atoms with van der Waals surface area (Å²) in [5.41, 5.74) is 2.88. The zero-order chi connectivity index (χ0) is 23.0. The Kier molecular flexibility index (Phi) is 6.05. The first kappa shape index (κ1) is 22.4. The van der Waals surface area contributed by atoms with Gasteiger partial charge in [-0.2, -0.15) is 9.40 Å². The van der Waals surface area contributed by atoms with E-state index in [0.717, 1.165) is 35.1 Å². The highest BCUT2D eigenvalue weighted by Gasteiger charge is 2.28. The average Bonchev–Trinajstić information content (AvgIpc) is 3.22.